The second-order valence-corrected chi connectivity index (χ2v) is 2.75. The highest BCUT2D eigenvalue weighted by atomic mass is 16.5. The molecule has 0 aromatic heterocycles. The Morgan fingerprint density at radius 3 is 2.50 bits per heavy atom. The number of benzene rings is 1. The van der Waals surface area contributed by atoms with Crippen molar-refractivity contribution in [2.24, 2.45) is 0 Å². The van der Waals surface area contributed by atoms with E-state index in [1.54, 1.807) is 24.3 Å². The van der Waals surface area contributed by atoms with Gasteiger partial charge in [-0.05, 0) is 19.1 Å². The van der Waals surface area contributed by atoms with E-state index in [4.69, 9.17) is 4.74 Å². The fraction of sp³-hybridized carbons (Fsp3) is 0.333. The van der Waals surface area contributed by atoms with Gasteiger partial charge in [0.15, 0.2) is 5.79 Å². The Kier molecular flexibility index (Phi) is 2.35. The number of rotatable bonds is 2. The van der Waals surface area contributed by atoms with Crippen molar-refractivity contribution in [3.8, 4) is 5.75 Å². The minimum absolute atomic E-state index is 0.418. The van der Waals surface area contributed by atoms with Crippen LogP contribution in [0.2, 0.25) is 0 Å². The summed E-state index contributed by atoms with van der Waals surface area (Å²) in [5.41, 5.74) is 0.418. The molecule has 1 aromatic rings. The minimum Gasteiger partial charge on any atom is -0.497 e. The summed E-state index contributed by atoms with van der Waals surface area (Å²) in [6, 6.07) is 6.66. The number of ether oxygens (including phenoxy) is 1. The summed E-state index contributed by atoms with van der Waals surface area (Å²) in [5, 5.41) is 18.4. The summed E-state index contributed by atoms with van der Waals surface area (Å²) < 4.78 is 4.93. The van der Waals surface area contributed by atoms with E-state index in [0.29, 0.717) is 11.3 Å². The Hall–Kier alpha value is -1.06. The second kappa shape index (κ2) is 3.13. The van der Waals surface area contributed by atoms with Crippen LogP contribution in [0.15, 0.2) is 24.3 Å². The smallest absolute Gasteiger partial charge is 0.186 e. The van der Waals surface area contributed by atoms with Crippen molar-refractivity contribution in [3.63, 3.8) is 0 Å². The van der Waals surface area contributed by atoms with Gasteiger partial charge in [-0.15, -0.1) is 0 Å². The lowest BCUT2D eigenvalue weighted by atomic mass is 10.1. The Balaban J connectivity index is 3.02. The summed E-state index contributed by atoms with van der Waals surface area (Å²) in [4.78, 5) is 0. The van der Waals surface area contributed by atoms with E-state index in [1.165, 1.54) is 14.0 Å². The van der Waals surface area contributed by atoms with E-state index >= 15 is 0 Å². The number of hydrogen-bond acceptors (Lipinski definition) is 3. The third-order valence-corrected chi connectivity index (χ3v) is 1.62. The van der Waals surface area contributed by atoms with Gasteiger partial charge in [-0.3, -0.25) is 0 Å². The SMILES string of the molecule is COc1cccc(C(C)(O)O)c1. The van der Waals surface area contributed by atoms with Gasteiger partial charge in [-0.1, -0.05) is 12.1 Å². The largest absolute Gasteiger partial charge is 0.497 e. The van der Waals surface area contributed by atoms with Crippen LogP contribution in [0, 0.1) is 0 Å². The quantitative estimate of drug-likeness (QED) is 0.644. The maximum atomic E-state index is 9.21. The van der Waals surface area contributed by atoms with Gasteiger partial charge < -0.3 is 14.9 Å². The van der Waals surface area contributed by atoms with Crippen LogP contribution in [0.5, 0.6) is 5.75 Å². The van der Waals surface area contributed by atoms with Gasteiger partial charge in [0.2, 0.25) is 0 Å². The molecule has 0 aliphatic carbocycles. The van der Waals surface area contributed by atoms with Gasteiger partial charge in [-0.25, -0.2) is 0 Å². The zero-order valence-electron chi connectivity index (χ0n) is 7.11. The lowest BCUT2D eigenvalue weighted by molar-refractivity contribution is -0.152. The Morgan fingerprint density at radius 2 is 2.00 bits per heavy atom. The first kappa shape index (κ1) is 9.03. The molecule has 3 nitrogen and oxygen atoms in total. The van der Waals surface area contributed by atoms with Crippen molar-refractivity contribution in [1.29, 1.82) is 0 Å². The zero-order valence-corrected chi connectivity index (χ0v) is 7.11. The van der Waals surface area contributed by atoms with Crippen LogP contribution < -0.4 is 4.74 Å². The van der Waals surface area contributed by atoms with Crippen LogP contribution in [0.1, 0.15) is 12.5 Å². The third-order valence-electron chi connectivity index (χ3n) is 1.62. The lowest BCUT2D eigenvalue weighted by Crippen LogP contribution is -2.19. The van der Waals surface area contributed by atoms with Crippen molar-refractivity contribution >= 4 is 0 Å². The monoisotopic (exact) mass is 168 g/mol. The van der Waals surface area contributed by atoms with E-state index in [1.807, 2.05) is 0 Å². The Morgan fingerprint density at radius 1 is 1.33 bits per heavy atom. The van der Waals surface area contributed by atoms with Crippen LogP contribution in [-0.4, -0.2) is 17.3 Å². The van der Waals surface area contributed by atoms with Crippen LogP contribution in [0.3, 0.4) is 0 Å². The predicted molar refractivity (Wildman–Crippen MR) is 44.8 cm³/mol. The van der Waals surface area contributed by atoms with Crippen molar-refractivity contribution in [2.75, 3.05) is 7.11 Å². The summed E-state index contributed by atoms with van der Waals surface area (Å²) >= 11 is 0. The highest BCUT2D eigenvalue weighted by molar-refractivity contribution is 5.30. The van der Waals surface area contributed by atoms with Crippen molar-refractivity contribution < 1.29 is 14.9 Å². The van der Waals surface area contributed by atoms with Crippen LogP contribution >= 0.6 is 0 Å². The van der Waals surface area contributed by atoms with E-state index < -0.39 is 5.79 Å². The standard InChI is InChI=1S/C9H12O3/c1-9(10,11)7-4-3-5-8(6-7)12-2/h3-6,10-11H,1-2H3. The van der Waals surface area contributed by atoms with Gasteiger partial charge in [0.25, 0.3) is 0 Å². The molecule has 0 atom stereocenters. The first-order valence-corrected chi connectivity index (χ1v) is 3.63. The molecule has 1 rings (SSSR count). The highest BCUT2D eigenvalue weighted by Gasteiger charge is 2.18. The maximum absolute atomic E-state index is 9.21. The second-order valence-electron chi connectivity index (χ2n) is 2.75. The number of hydrogen-bond donors (Lipinski definition) is 2. The van der Waals surface area contributed by atoms with Crippen molar-refractivity contribution in [3.05, 3.63) is 29.8 Å². The first-order chi connectivity index (χ1) is 5.54. The molecule has 0 unspecified atom stereocenters. The zero-order chi connectivity index (χ0) is 9.19. The molecule has 0 radical (unpaired) electrons. The summed E-state index contributed by atoms with van der Waals surface area (Å²) in [7, 11) is 1.53. The minimum atomic E-state index is -1.80. The number of aliphatic hydroxyl groups is 2. The van der Waals surface area contributed by atoms with Gasteiger partial charge >= 0.3 is 0 Å². The van der Waals surface area contributed by atoms with E-state index in [9.17, 15) is 10.2 Å². The normalized spacial score (nSPS) is 11.3. The molecule has 0 spiro atoms. The molecule has 0 saturated carbocycles. The molecule has 0 amide bonds. The van der Waals surface area contributed by atoms with Gasteiger partial charge in [0, 0.05) is 5.56 Å². The molecule has 1 aromatic carbocycles. The lowest BCUT2D eigenvalue weighted by Gasteiger charge is -2.16. The molecule has 0 bridgehead atoms. The Bertz CT molecular complexity index is 263. The molecular formula is C9H12O3. The fourth-order valence-electron chi connectivity index (χ4n) is 0.918. The Labute approximate surface area is 71.2 Å². The van der Waals surface area contributed by atoms with E-state index in [2.05, 4.69) is 0 Å². The van der Waals surface area contributed by atoms with Gasteiger partial charge in [-0.2, -0.15) is 0 Å². The fourth-order valence-corrected chi connectivity index (χ4v) is 0.918. The van der Waals surface area contributed by atoms with Gasteiger partial charge in [0.1, 0.15) is 5.75 Å². The molecule has 66 valence electrons. The van der Waals surface area contributed by atoms with Crippen molar-refractivity contribution in [2.45, 2.75) is 12.7 Å². The molecular weight excluding hydrogens is 156 g/mol. The molecule has 12 heavy (non-hydrogen) atoms. The van der Waals surface area contributed by atoms with Crippen LogP contribution in [0.25, 0.3) is 0 Å². The number of methoxy groups -OCH3 is 1. The van der Waals surface area contributed by atoms with Crippen LogP contribution in [0.4, 0.5) is 0 Å². The molecule has 0 saturated heterocycles. The highest BCUT2D eigenvalue weighted by Crippen LogP contribution is 2.21. The predicted octanol–water partition coefficient (Wildman–Crippen LogP) is 0.852. The topological polar surface area (TPSA) is 49.7 Å². The summed E-state index contributed by atoms with van der Waals surface area (Å²) in [6.45, 7) is 1.31. The van der Waals surface area contributed by atoms with Crippen LogP contribution in [-0.2, 0) is 5.79 Å². The van der Waals surface area contributed by atoms with Gasteiger partial charge in [0.05, 0.1) is 7.11 Å². The first-order valence-electron chi connectivity index (χ1n) is 3.63. The average Bonchev–Trinajstić information content (AvgIpc) is 2.03. The molecule has 0 aliphatic rings. The van der Waals surface area contributed by atoms with E-state index in [0.717, 1.165) is 0 Å². The molecule has 3 heteroatoms. The molecule has 0 fully saturated rings. The van der Waals surface area contributed by atoms with Crippen molar-refractivity contribution in [1.82, 2.24) is 0 Å². The van der Waals surface area contributed by atoms with E-state index in [-0.39, 0.29) is 0 Å². The maximum Gasteiger partial charge on any atom is 0.186 e. The summed E-state index contributed by atoms with van der Waals surface area (Å²) in [6.07, 6.45) is 0. The average molecular weight is 168 g/mol. The molecule has 2 N–H and O–H groups in total. The third kappa shape index (κ3) is 1.96. The molecule has 0 aliphatic heterocycles. The molecule has 0 heterocycles. The summed E-state index contributed by atoms with van der Waals surface area (Å²) in [5.74, 6) is -1.18.